The summed E-state index contributed by atoms with van der Waals surface area (Å²) in [5.41, 5.74) is 6.66. The molecule has 4 heterocycles. The molecule has 0 amide bonds. The Balaban J connectivity index is 0.00000196. The Hall–Kier alpha value is -2.50. The Bertz CT molecular complexity index is 1810. The van der Waals surface area contributed by atoms with Gasteiger partial charge in [-0.3, -0.25) is 0 Å². The molecular weight excluding hydrogens is 661 g/mol. The summed E-state index contributed by atoms with van der Waals surface area (Å²) in [7, 11) is 0. The molecule has 2 aromatic carbocycles. The van der Waals surface area contributed by atoms with Crippen LogP contribution in [0.15, 0.2) is 91.0 Å². The third kappa shape index (κ3) is 8.27. The van der Waals surface area contributed by atoms with Crippen LogP contribution < -0.4 is 0 Å². The van der Waals surface area contributed by atoms with Gasteiger partial charge in [-0.1, -0.05) is 54.6 Å². The van der Waals surface area contributed by atoms with Gasteiger partial charge in [-0.25, -0.2) is 0 Å². The lowest BCUT2D eigenvalue weighted by molar-refractivity contribution is 0.953. The van der Waals surface area contributed by atoms with Crippen molar-refractivity contribution in [2.75, 3.05) is 24.0 Å². The molecule has 0 bridgehead atoms. The molecule has 0 spiro atoms. The van der Waals surface area contributed by atoms with Crippen LogP contribution in [0.5, 0.6) is 0 Å². The van der Waals surface area contributed by atoms with Crippen molar-refractivity contribution in [3.8, 4) is 64.4 Å². The van der Waals surface area contributed by atoms with Crippen molar-refractivity contribution in [1.82, 2.24) is 0 Å². The normalized spacial score (nSPS) is 11.0. The van der Waals surface area contributed by atoms with Crippen LogP contribution in [0.1, 0.15) is 28.2 Å². The molecule has 0 saturated heterocycles. The van der Waals surface area contributed by atoms with Gasteiger partial charge in [-0.2, -0.15) is 23.5 Å². The first kappa shape index (κ1) is 33.9. The van der Waals surface area contributed by atoms with E-state index in [2.05, 4.69) is 123 Å². The van der Waals surface area contributed by atoms with E-state index in [1.54, 1.807) is 0 Å². The zero-order valence-corrected chi connectivity index (χ0v) is 30.9. The van der Waals surface area contributed by atoms with Gasteiger partial charge in [0, 0.05) is 40.4 Å². The van der Waals surface area contributed by atoms with Gasteiger partial charge < -0.3 is 0 Å². The standard InChI is InChI=1S/C37H36S6.C2H2/c1-25-11-7-8-16-29(25)31-24-35(43-37(31)33-20-18-28(41-33)15-10-22-39-3)34-23-30(26-12-5-4-6-13-26)36(42-34)32-19-17-27(40-32)14-9-21-38-2;1-2/h4-8,11-13,16-20,23-24H,9-10,14-15,21-22H2,1-3H3;1-2H. The average molecular weight is 699 g/mol. The average Bonchev–Trinajstić information content (AvgIpc) is 3.89. The number of terminal acetylenes is 1. The fraction of sp³-hybridized carbons (Fsp3) is 0.231. The van der Waals surface area contributed by atoms with Crippen LogP contribution in [-0.2, 0) is 12.8 Å². The van der Waals surface area contributed by atoms with Gasteiger partial charge in [-0.05, 0) is 110 Å². The first-order chi connectivity index (χ1) is 22.1. The molecule has 6 heteroatoms. The molecule has 6 rings (SSSR count). The van der Waals surface area contributed by atoms with Crippen molar-refractivity contribution in [1.29, 1.82) is 0 Å². The van der Waals surface area contributed by atoms with Gasteiger partial charge in [0.25, 0.3) is 0 Å². The highest BCUT2D eigenvalue weighted by atomic mass is 32.2. The van der Waals surface area contributed by atoms with Crippen molar-refractivity contribution in [2.24, 2.45) is 0 Å². The van der Waals surface area contributed by atoms with E-state index < -0.39 is 0 Å². The van der Waals surface area contributed by atoms with E-state index in [0.29, 0.717) is 0 Å². The Kier molecular flexibility index (Phi) is 12.7. The Morgan fingerprint density at radius 2 is 1.04 bits per heavy atom. The first-order valence-electron chi connectivity index (χ1n) is 15.0. The topological polar surface area (TPSA) is 0 Å². The van der Waals surface area contributed by atoms with Gasteiger partial charge in [0.05, 0.1) is 9.75 Å². The minimum absolute atomic E-state index is 1.16. The lowest BCUT2D eigenvalue weighted by atomic mass is 10.00. The van der Waals surface area contributed by atoms with Gasteiger partial charge in [-0.15, -0.1) is 58.2 Å². The van der Waals surface area contributed by atoms with Crippen LogP contribution in [0.4, 0.5) is 0 Å². The zero-order valence-electron chi connectivity index (χ0n) is 26.0. The molecule has 6 aromatic rings. The summed E-state index contributed by atoms with van der Waals surface area (Å²) >= 11 is 11.7. The lowest BCUT2D eigenvalue weighted by Gasteiger charge is -2.06. The second-order valence-corrected chi connectivity index (χ2v) is 17.0. The number of hydrogen-bond donors (Lipinski definition) is 0. The molecule has 0 radical (unpaired) electrons. The number of hydrogen-bond acceptors (Lipinski definition) is 6. The molecule has 230 valence electrons. The smallest absolute Gasteiger partial charge is 0.0528 e. The van der Waals surface area contributed by atoms with Gasteiger partial charge in [0.1, 0.15) is 0 Å². The summed E-state index contributed by atoms with van der Waals surface area (Å²) in [5, 5.41) is 0. The van der Waals surface area contributed by atoms with E-state index in [9.17, 15) is 0 Å². The minimum Gasteiger partial charge on any atom is -0.165 e. The molecule has 0 fully saturated rings. The van der Waals surface area contributed by atoms with Gasteiger partial charge in [0.2, 0.25) is 0 Å². The maximum Gasteiger partial charge on any atom is 0.0528 e. The van der Waals surface area contributed by atoms with E-state index in [1.165, 1.54) is 97.6 Å². The Morgan fingerprint density at radius 1 is 0.533 bits per heavy atom. The van der Waals surface area contributed by atoms with Crippen LogP contribution in [-0.4, -0.2) is 24.0 Å². The van der Waals surface area contributed by atoms with E-state index in [-0.39, 0.29) is 0 Å². The fourth-order valence-corrected chi connectivity index (χ4v) is 11.0. The van der Waals surface area contributed by atoms with Crippen molar-refractivity contribution < 1.29 is 0 Å². The highest BCUT2D eigenvalue weighted by molar-refractivity contribution is 7.98. The van der Waals surface area contributed by atoms with Crippen LogP contribution in [0, 0.1) is 19.8 Å². The molecule has 45 heavy (non-hydrogen) atoms. The minimum atomic E-state index is 1.16. The molecule has 0 aliphatic carbocycles. The van der Waals surface area contributed by atoms with E-state index >= 15 is 0 Å². The highest BCUT2D eigenvalue weighted by Gasteiger charge is 2.21. The Labute approximate surface area is 294 Å². The number of benzene rings is 2. The summed E-state index contributed by atoms with van der Waals surface area (Å²) in [6, 6.07) is 34.1. The predicted molar refractivity (Wildman–Crippen MR) is 213 cm³/mol. The molecule has 0 N–H and O–H groups in total. The van der Waals surface area contributed by atoms with Crippen molar-refractivity contribution in [3.63, 3.8) is 0 Å². The molecular formula is C39H38S6. The second kappa shape index (κ2) is 16.9. The summed E-state index contributed by atoms with van der Waals surface area (Å²) in [4.78, 5) is 11.3. The summed E-state index contributed by atoms with van der Waals surface area (Å²) in [5.74, 6) is 2.44. The van der Waals surface area contributed by atoms with Crippen LogP contribution in [0.25, 0.3) is 51.5 Å². The molecule has 0 nitrogen and oxygen atoms in total. The van der Waals surface area contributed by atoms with E-state index in [0.717, 1.165) is 6.42 Å². The number of rotatable bonds is 13. The molecule has 0 unspecified atom stereocenters. The van der Waals surface area contributed by atoms with Crippen molar-refractivity contribution >= 4 is 68.9 Å². The molecule has 0 saturated carbocycles. The fourth-order valence-electron chi connectivity index (χ4n) is 5.35. The van der Waals surface area contributed by atoms with Crippen LogP contribution >= 0.6 is 68.9 Å². The van der Waals surface area contributed by atoms with E-state index in [1.807, 2.05) is 68.9 Å². The number of thiophene rings is 4. The summed E-state index contributed by atoms with van der Waals surface area (Å²) in [6.07, 6.45) is 17.2. The third-order valence-corrected chi connectivity index (χ3v) is 14.1. The predicted octanol–water partition coefficient (Wildman–Crippen LogP) is 13.4. The lowest BCUT2D eigenvalue weighted by Crippen LogP contribution is -1.82. The SMILES string of the molecule is C#C.CSCCCc1ccc(-c2sc(-c3cc(-c4ccccc4C)c(-c4ccc(CCCSC)s4)s3)cc2-c2ccccc2)s1. The van der Waals surface area contributed by atoms with Gasteiger partial charge in [0.15, 0.2) is 0 Å². The summed E-state index contributed by atoms with van der Waals surface area (Å²) < 4.78 is 0. The quantitative estimate of drug-likeness (QED) is 0.0870. The maximum atomic E-state index is 4.00. The van der Waals surface area contributed by atoms with Crippen molar-refractivity contribution in [3.05, 3.63) is 106 Å². The first-order valence-corrected chi connectivity index (χ1v) is 21.1. The van der Waals surface area contributed by atoms with Crippen molar-refractivity contribution in [2.45, 2.75) is 32.6 Å². The van der Waals surface area contributed by atoms with E-state index in [4.69, 9.17) is 0 Å². The number of aryl methyl sites for hydroxylation is 3. The third-order valence-electron chi connectivity index (χ3n) is 7.54. The molecule has 4 aromatic heterocycles. The molecule has 0 aliphatic heterocycles. The maximum absolute atomic E-state index is 4.00. The highest BCUT2D eigenvalue weighted by Crippen LogP contribution is 2.51. The van der Waals surface area contributed by atoms with Gasteiger partial charge >= 0.3 is 0 Å². The summed E-state index contributed by atoms with van der Waals surface area (Å²) in [6.45, 7) is 2.24. The molecule has 0 aliphatic rings. The second-order valence-electron chi connectivity index (χ2n) is 10.6. The zero-order chi connectivity index (χ0) is 31.6. The van der Waals surface area contributed by atoms with Crippen LogP contribution in [0.2, 0.25) is 0 Å². The monoisotopic (exact) mass is 698 g/mol. The largest absolute Gasteiger partial charge is 0.165 e. The van der Waals surface area contributed by atoms with Crippen LogP contribution in [0.3, 0.4) is 0 Å². The number of thioether (sulfide) groups is 2. The Morgan fingerprint density at radius 3 is 1.60 bits per heavy atom. The molecule has 0 atom stereocenters.